The maximum Gasteiger partial charge on any atom is 0.243 e. The van der Waals surface area contributed by atoms with E-state index in [9.17, 15) is 12.8 Å². The molecule has 0 amide bonds. The number of hydrogen-bond acceptors (Lipinski definition) is 5. The zero-order chi connectivity index (χ0) is 22.0. The van der Waals surface area contributed by atoms with Crippen LogP contribution in [0, 0.1) is 5.82 Å². The van der Waals surface area contributed by atoms with Gasteiger partial charge in [-0.05, 0) is 47.9 Å². The van der Waals surface area contributed by atoms with Gasteiger partial charge >= 0.3 is 0 Å². The highest BCUT2D eigenvalue weighted by molar-refractivity contribution is 7.89. The summed E-state index contributed by atoms with van der Waals surface area (Å²) in [5, 5.41) is 0. The van der Waals surface area contributed by atoms with Crippen molar-refractivity contribution in [3.05, 3.63) is 72.3 Å². The molecule has 0 bridgehead atoms. The molecule has 0 N–H and O–H groups in total. The molecule has 2 aromatic carbocycles. The van der Waals surface area contributed by atoms with E-state index in [2.05, 4.69) is 23.8 Å². The summed E-state index contributed by atoms with van der Waals surface area (Å²) in [6.45, 7) is 5.98. The molecule has 3 aromatic rings. The maximum absolute atomic E-state index is 13.2. The second-order valence-electron chi connectivity index (χ2n) is 7.88. The molecule has 31 heavy (non-hydrogen) atoms. The molecule has 1 fully saturated rings. The van der Waals surface area contributed by atoms with Gasteiger partial charge in [-0.3, -0.25) is 0 Å². The van der Waals surface area contributed by atoms with Crippen LogP contribution in [-0.2, 0) is 10.0 Å². The first-order valence-corrected chi connectivity index (χ1v) is 11.7. The van der Waals surface area contributed by atoms with Gasteiger partial charge in [0.15, 0.2) is 0 Å². The lowest BCUT2D eigenvalue weighted by Crippen LogP contribution is -2.48. The zero-order valence-corrected chi connectivity index (χ0v) is 18.4. The third-order valence-corrected chi connectivity index (χ3v) is 7.45. The average molecular weight is 441 g/mol. The van der Waals surface area contributed by atoms with E-state index in [1.165, 1.54) is 22.8 Å². The van der Waals surface area contributed by atoms with Gasteiger partial charge in [-0.15, -0.1) is 0 Å². The Hall–Kier alpha value is -2.84. The van der Waals surface area contributed by atoms with Gasteiger partial charge in [0.2, 0.25) is 10.0 Å². The van der Waals surface area contributed by atoms with Crippen LogP contribution in [0.3, 0.4) is 0 Å². The van der Waals surface area contributed by atoms with E-state index in [4.69, 9.17) is 0 Å². The largest absolute Gasteiger partial charge is 0.354 e. The van der Waals surface area contributed by atoms with Crippen LogP contribution in [0.2, 0.25) is 0 Å². The Kier molecular flexibility index (Phi) is 6.02. The molecular weight excluding hydrogens is 415 g/mol. The topological polar surface area (TPSA) is 66.4 Å². The van der Waals surface area contributed by atoms with E-state index < -0.39 is 10.0 Å². The van der Waals surface area contributed by atoms with Gasteiger partial charge in [0, 0.05) is 37.8 Å². The Morgan fingerprint density at radius 2 is 1.55 bits per heavy atom. The van der Waals surface area contributed by atoms with Gasteiger partial charge in [0.1, 0.15) is 18.0 Å². The standard InChI is InChI=1S/C23H25FN4O2S/c1-17(2)18-5-9-21(10-6-18)31(29,30)28-13-11-27(12-14-28)23-15-22(25-16-26-23)19-3-7-20(24)8-4-19/h3-10,15-17H,11-14H2,1-2H3. The normalized spacial score (nSPS) is 15.4. The monoisotopic (exact) mass is 440 g/mol. The number of nitrogens with zero attached hydrogens (tertiary/aromatic N) is 4. The number of hydrogen-bond donors (Lipinski definition) is 0. The molecule has 6 nitrogen and oxygen atoms in total. The third-order valence-electron chi connectivity index (χ3n) is 5.54. The first-order chi connectivity index (χ1) is 14.8. The van der Waals surface area contributed by atoms with Crippen molar-refractivity contribution >= 4 is 15.8 Å². The predicted octanol–water partition coefficient (Wildman–Crippen LogP) is 3.92. The number of anilines is 1. The molecule has 0 unspecified atom stereocenters. The van der Waals surface area contributed by atoms with Crippen LogP contribution >= 0.6 is 0 Å². The molecular formula is C23H25FN4O2S. The summed E-state index contributed by atoms with van der Waals surface area (Å²) in [7, 11) is -3.53. The lowest BCUT2D eigenvalue weighted by molar-refractivity contribution is 0.384. The Balaban J connectivity index is 1.46. The van der Waals surface area contributed by atoms with Crippen LogP contribution in [0.15, 0.2) is 65.8 Å². The van der Waals surface area contributed by atoms with Gasteiger partial charge < -0.3 is 4.90 Å². The average Bonchev–Trinajstić information content (AvgIpc) is 2.80. The number of halogens is 1. The van der Waals surface area contributed by atoms with Crippen molar-refractivity contribution in [2.45, 2.75) is 24.7 Å². The van der Waals surface area contributed by atoms with Gasteiger partial charge in [0.25, 0.3) is 0 Å². The molecule has 1 aliphatic rings. The lowest BCUT2D eigenvalue weighted by atomic mass is 10.0. The Bertz CT molecular complexity index is 1140. The summed E-state index contributed by atoms with van der Waals surface area (Å²) >= 11 is 0. The van der Waals surface area contributed by atoms with Crippen molar-refractivity contribution < 1.29 is 12.8 Å². The van der Waals surface area contributed by atoms with E-state index in [0.29, 0.717) is 42.7 Å². The van der Waals surface area contributed by atoms with Crippen molar-refractivity contribution in [2.75, 3.05) is 31.1 Å². The van der Waals surface area contributed by atoms with Crippen LogP contribution in [0.4, 0.5) is 10.2 Å². The number of benzene rings is 2. The third kappa shape index (κ3) is 4.60. The molecule has 8 heteroatoms. The molecule has 1 saturated heterocycles. The predicted molar refractivity (Wildman–Crippen MR) is 119 cm³/mol. The summed E-state index contributed by atoms with van der Waals surface area (Å²) in [6, 6.07) is 15.1. The molecule has 4 rings (SSSR count). The maximum atomic E-state index is 13.2. The van der Waals surface area contributed by atoms with Crippen molar-refractivity contribution in [1.82, 2.24) is 14.3 Å². The highest BCUT2D eigenvalue weighted by Gasteiger charge is 2.29. The van der Waals surface area contributed by atoms with Crippen molar-refractivity contribution in [2.24, 2.45) is 0 Å². The van der Waals surface area contributed by atoms with Crippen molar-refractivity contribution in [3.63, 3.8) is 0 Å². The fourth-order valence-electron chi connectivity index (χ4n) is 3.63. The van der Waals surface area contributed by atoms with Gasteiger partial charge in [-0.2, -0.15) is 4.31 Å². The molecule has 2 heterocycles. The fourth-order valence-corrected chi connectivity index (χ4v) is 5.05. The quantitative estimate of drug-likeness (QED) is 0.602. The minimum Gasteiger partial charge on any atom is -0.354 e. The van der Waals surface area contributed by atoms with Gasteiger partial charge in [-0.25, -0.2) is 22.8 Å². The Labute approximate surface area is 182 Å². The van der Waals surface area contributed by atoms with Crippen LogP contribution in [0.1, 0.15) is 25.3 Å². The molecule has 0 aliphatic carbocycles. The van der Waals surface area contributed by atoms with Crippen LogP contribution < -0.4 is 4.90 Å². The molecule has 0 radical (unpaired) electrons. The Morgan fingerprint density at radius 1 is 0.903 bits per heavy atom. The van der Waals surface area contributed by atoms with Crippen LogP contribution in [0.5, 0.6) is 0 Å². The van der Waals surface area contributed by atoms with Crippen molar-refractivity contribution in [1.29, 1.82) is 0 Å². The zero-order valence-electron chi connectivity index (χ0n) is 17.6. The first kappa shape index (κ1) is 21.4. The molecule has 1 aromatic heterocycles. The van der Waals surface area contributed by atoms with E-state index in [0.717, 1.165) is 16.9 Å². The summed E-state index contributed by atoms with van der Waals surface area (Å²) in [5.41, 5.74) is 2.62. The van der Waals surface area contributed by atoms with Gasteiger partial charge in [-0.1, -0.05) is 26.0 Å². The van der Waals surface area contributed by atoms with E-state index in [1.807, 2.05) is 23.1 Å². The minimum absolute atomic E-state index is 0.297. The van der Waals surface area contributed by atoms with Crippen LogP contribution in [0.25, 0.3) is 11.3 Å². The summed E-state index contributed by atoms with van der Waals surface area (Å²) < 4.78 is 40.8. The summed E-state index contributed by atoms with van der Waals surface area (Å²) in [6.07, 6.45) is 1.48. The SMILES string of the molecule is CC(C)c1ccc(S(=O)(=O)N2CCN(c3cc(-c4ccc(F)cc4)ncn3)CC2)cc1. The van der Waals surface area contributed by atoms with Gasteiger partial charge in [0.05, 0.1) is 10.6 Å². The van der Waals surface area contributed by atoms with Crippen molar-refractivity contribution in [3.8, 4) is 11.3 Å². The molecule has 1 aliphatic heterocycles. The lowest BCUT2D eigenvalue weighted by Gasteiger charge is -2.34. The number of aromatic nitrogens is 2. The smallest absolute Gasteiger partial charge is 0.243 e. The number of piperazine rings is 1. The highest BCUT2D eigenvalue weighted by Crippen LogP contribution is 2.24. The second-order valence-corrected chi connectivity index (χ2v) is 9.82. The Morgan fingerprint density at radius 3 is 2.16 bits per heavy atom. The number of rotatable bonds is 5. The molecule has 0 saturated carbocycles. The van der Waals surface area contributed by atoms with E-state index in [-0.39, 0.29) is 5.82 Å². The number of sulfonamides is 1. The summed E-state index contributed by atoms with van der Waals surface area (Å²) in [5.74, 6) is 0.787. The van der Waals surface area contributed by atoms with E-state index in [1.54, 1.807) is 24.3 Å². The molecule has 0 spiro atoms. The first-order valence-electron chi connectivity index (χ1n) is 10.3. The molecule has 0 atom stereocenters. The van der Waals surface area contributed by atoms with E-state index >= 15 is 0 Å². The summed E-state index contributed by atoms with van der Waals surface area (Å²) in [4.78, 5) is 11.0. The molecule has 162 valence electrons. The highest BCUT2D eigenvalue weighted by atomic mass is 32.2. The van der Waals surface area contributed by atoms with Crippen LogP contribution in [-0.4, -0.2) is 48.9 Å². The fraction of sp³-hybridized carbons (Fsp3) is 0.304. The minimum atomic E-state index is -3.53. The second kappa shape index (κ2) is 8.72.